The van der Waals surface area contributed by atoms with E-state index in [4.69, 9.17) is 0 Å². The number of rotatable bonds is 3. The smallest absolute Gasteiger partial charge is 0.132 e. The van der Waals surface area contributed by atoms with E-state index in [1.165, 1.54) is 25.7 Å². The highest BCUT2D eigenvalue weighted by atomic mass is 28.1. The zero-order valence-electron chi connectivity index (χ0n) is 7.39. The van der Waals surface area contributed by atoms with Crippen molar-refractivity contribution in [2.24, 2.45) is 11.8 Å². The van der Waals surface area contributed by atoms with Gasteiger partial charge in [-0.05, 0) is 44.4 Å². The van der Waals surface area contributed by atoms with Crippen LogP contribution in [0.4, 0.5) is 0 Å². The van der Waals surface area contributed by atoms with Gasteiger partial charge in [-0.15, -0.1) is 0 Å². The maximum Gasteiger partial charge on any atom is 0.132 e. The lowest BCUT2D eigenvalue weighted by molar-refractivity contribution is -0.121. The Morgan fingerprint density at radius 3 is 1.82 bits per heavy atom. The van der Waals surface area contributed by atoms with Crippen LogP contribution >= 0.6 is 0 Å². The molecule has 0 N–H and O–H groups in total. The third kappa shape index (κ3) is 1.08. The quantitative estimate of drug-likeness (QED) is 0.573. The Kier molecular flexibility index (Phi) is 1.50. The van der Waals surface area contributed by atoms with Crippen molar-refractivity contribution in [3.8, 4) is 0 Å². The highest BCUT2D eigenvalue weighted by molar-refractivity contribution is 6.29. The van der Waals surface area contributed by atoms with Crippen molar-refractivity contribution < 1.29 is 4.79 Å². The molecule has 0 heterocycles. The van der Waals surface area contributed by atoms with Crippen LogP contribution < -0.4 is 0 Å². The highest BCUT2D eigenvalue weighted by Gasteiger charge is 2.53. The van der Waals surface area contributed by atoms with Crippen molar-refractivity contribution in [1.29, 1.82) is 0 Å². The molecule has 0 radical (unpaired) electrons. The molecule has 2 aliphatic rings. The lowest BCUT2D eigenvalue weighted by Gasteiger charge is -2.26. The summed E-state index contributed by atoms with van der Waals surface area (Å²) in [5.74, 6) is 2.10. The number of hydrogen-bond donors (Lipinski definition) is 0. The average molecular weight is 168 g/mol. The van der Waals surface area contributed by atoms with Gasteiger partial charge in [0.1, 0.15) is 5.78 Å². The van der Waals surface area contributed by atoms with Gasteiger partial charge < -0.3 is 0 Å². The molecule has 2 aliphatic carbocycles. The Balaban J connectivity index is 2.16. The van der Waals surface area contributed by atoms with Gasteiger partial charge in [0.05, 0.1) is 0 Å². The first-order valence-corrected chi connectivity index (χ1v) is 5.66. The third-order valence-corrected chi connectivity index (χ3v) is 5.95. The molecule has 62 valence electrons. The summed E-state index contributed by atoms with van der Waals surface area (Å²) in [5, 5.41) is 0.222. The molecule has 0 aromatic carbocycles. The number of ketones is 1. The molecule has 0 bridgehead atoms. The summed E-state index contributed by atoms with van der Waals surface area (Å²) in [7, 11) is 1.10. The van der Waals surface area contributed by atoms with Gasteiger partial charge in [0, 0.05) is 15.3 Å². The standard InChI is InChI=1S/C9H16OSi/c1-6(10)9(11,7-2-3-7)8-4-5-8/h7-8H,2-5H2,1,11H3. The van der Waals surface area contributed by atoms with Crippen LogP contribution in [0, 0.1) is 11.8 Å². The number of hydrogen-bond acceptors (Lipinski definition) is 1. The number of Topliss-reactive ketones (excluding diaryl/α,β-unsaturated/α-hetero) is 1. The van der Waals surface area contributed by atoms with Crippen LogP contribution in [0.1, 0.15) is 32.6 Å². The van der Waals surface area contributed by atoms with Crippen LogP contribution in [0.25, 0.3) is 0 Å². The van der Waals surface area contributed by atoms with Crippen molar-refractivity contribution >= 4 is 16.0 Å². The summed E-state index contributed by atoms with van der Waals surface area (Å²) in [5.41, 5.74) is 0. The van der Waals surface area contributed by atoms with Gasteiger partial charge in [-0.3, -0.25) is 4.79 Å². The van der Waals surface area contributed by atoms with E-state index in [-0.39, 0.29) is 5.04 Å². The van der Waals surface area contributed by atoms with E-state index >= 15 is 0 Å². The largest absolute Gasteiger partial charge is 0.300 e. The van der Waals surface area contributed by atoms with E-state index in [1.807, 2.05) is 6.92 Å². The minimum atomic E-state index is 0.222. The van der Waals surface area contributed by atoms with Gasteiger partial charge in [-0.1, -0.05) is 0 Å². The molecular weight excluding hydrogens is 152 g/mol. The fourth-order valence-corrected chi connectivity index (χ4v) is 3.43. The van der Waals surface area contributed by atoms with Crippen molar-refractivity contribution in [3.63, 3.8) is 0 Å². The molecule has 11 heavy (non-hydrogen) atoms. The summed E-state index contributed by atoms with van der Waals surface area (Å²) in [6.07, 6.45) is 5.33. The molecule has 0 atom stereocenters. The van der Waals surface area contributed by atoms with Crippen molar-refractivity contribution in [2.45, 2.75) is 37.6 Å². The van der Waals surface area contributed by atoms with E-state index in [1.54, 1.807) is 0 Å². The maximum absolute atomic E-state index is 11.5. The normalized spacial score (nSPS) is 25.5. The molecular formula is C9H16OSi. The molecule has 0 aliphatic heterocycles. The summed E-state index contributed by atoms with van der Waals surface area (Å²) in [6, 6.07) is 0. The topological polar surface area (TPSA) is 17.1 Å². The molecule has 1 nitrogen and oxygen atoms in total. The van der Waals surface area contributed by atoms with Crippen LogP contribution in [0.15, 0.2) is 0 Å². The predicted molar refractivity (Wildman–Crippen MR) is 48.8 cm³/mol. The second kappa shape index (κ2) is 2.19. The molecule has 0 spiro atoms. The molecule has 0 aromatic heterocycles. The minimum Gasteiger partial charge on any atom is -0.300 e. The van der Waals surface area contributed by atoms with E-state index in [0.717, 1.165) is 22.1 Å². The SMILES string of the molecule is CC(=O)C([SiH3])(C1CC1)C1CC1. The van der Waals surface area contributed by atoms with Crippen molar-refractivity contribution in [2.75, 3.05) is 0 Å². The molecule has 0 unspecified atom stereocenters. The maximum atomic E-state index is 11.5. The Labute approximate surface area is 71.0 Å². The summed E-state index contributed by atoms with van der Waals surface area (Å²) in [6.45, 7) is 1.81. The van der Waals surface area contributed by atoms with E-state index in [0.29, 0.717) is 5.78 Å². The van der Waals surface area contributed by atoms with E-state index < -0.39 is 0 Å². The fourth-order valence-electron chi connectivity index (χ4n) is 2.27. The number of carbonyl (C=O) groups is 1. The first kappa shape index (κ1) is 7.53. The molecule has 2 fully saturated rings. The third-order valence-electron chi connectivity index (χ3n) is 3.61. The van der Waals surface area contributed by atoms with Gasteiger partial charge in [0.15, 0.2) is 0 Å². The molecule has 2 rings (SSSR count). The average Bonchev–Trinajstić information content (AvgIpc) is 2.79. The van der Waals surface area contributed by atoms with Crippen molar-refractivity contribution in [3.05, 3.63) is 0 Å². The van der Waals surface area contributed by atoms with Gasteiger partial charge in [0.2, 0.25) is 0 Å². The number of carbonyl (C=O) groups excluding carboxylic acids is 1. The molecule has 2 saturated carbocycles. The zero-order valence-corrected chi connectivity index (χ0v) is 9.39. The lowest BCUT2D eigenvalue weighted by Crippen LogP contribution is -2.26. The van der Waals surface area contributed by atoms with Crippen LogP contribution in [-0.4, -0.2) is 16.0 Å². The summed E-state index contributed by atoms with van der Waals surface area (Å²) in [4.78, 5) is 11.5. The molecule has 0 aromatic rings. The first-order chi connectivity index (χ1) is 5.15. The monoisotopic (exact) mass is 168 g/mol. The fraction of sp³-hybridized carbons (Fsp3) is 0.889. The Bertz CT molecular complexity index is 180. The van der Waals surface area contributed by atoms with Crippen LogP contribution in [0.5, 0.6) is 0 Å². The van der Waals surface area contributed by atoms with E-state index in [2.05, 4.69) is 0 Å². The second-order valence-corrected chi connectivity index (χ2v) is 6.04. The summed E-state index contributed by atoms with van der Waals surface area (Å²) < 4.78 is 0. The molecule has 0 saturated heterocycles. The van der Waals surface area contributed by atoms with Gasteiger partial charge >= 0.3 is 0 Å². The van der Waals surface area contributed by atoms with Gasteiger partial charge in [0.25, 0.3) is 0 Å². The van der Waals surface area contributed by atoms with Gasteiger partial charge in [-0.25, -0.2) is 0 Å². The van der Waals surface area contributed by atoms with Gasteiger partial charge in [-0.2, -0.15) is 0 Å². The Morgan fingerprint density at radius 2 is 1.64 bits per heavy atom. The zero-order chi connectivity index (χ0) is 8.06. The van der Waals surface area contributed by atoms with E-state index in [9.17, 15) is 4.79 Å². The minimum absolute atomic E-state index is 0.222. The summed E-state index contributed by atoms with van der Waals surface area (Å²) >= 11 is 0. The molecule has 0 amide bonds. The van der Waals surface area contributed by atoms with Crippen molar-refractivity contribution in [1.82, 2.24) is 0 Å². The van der Waals surface area contributed by atoms with Crippen LogP contribution in [-0.2, 0) is 4.79 Å². The Hall–Kier alpha value is -0.113. The van der Waals surface area contributed by atoms with Crippen LogP contribution in [0.2, 0.25) is 5.04 Å². The first-order valence-electron chi connectivity index (χ1n) is 4.66. The van der Waals surface area contributed by atoms with Crippen LogP contribution in [0.3, 0.4) is 0 Å². The predicted octanol–water partition coefficient (Wildman–Crippen LogP) is 0.919. The molecule has 2 heteroatoms. The Morgan fingerprint density at radius 1 is 1.27 bits per heavy atom. The second-order valence-electron chi connectivity index (χ2n) is 4.39. The highest BCUT2D eigenvalue weighted by Crippen LogP contribution is 2.61. The lowest BCUT2D eigenvalue weighted by atomic mass is 9.92.